The molecule has 6 heteroatoms. The number of carbonyl (C=O) groups is 1. The number of hydrogen-bond acceptors (Lipinski definition) is 3. The van der Waals surface area contributed by atoms with Crippen molar-refractivity contribution in [2.24, 2.45) is 0 Å². The monoisotopic (exact) mass is 287 g/mol. The van der Waals surface area contributed by atoms with Crippen molar-refractivity contribution in [2.75, 3.05) is 13.1 Å². The maximum absolute atomic E-state index is 11.5. The molecule has 0 aromatic carbocycles. The highest BCUT2D eigenvalue weighted by atomic mass is 16.2. The van der Waals surface area contributed by atoms with E-state index >= 15 is 0 Å². The average Bonchev–Trinajstić information content (AvgIpc) is 2.87. The van der Waals surface area contributed by atoms with Crippen LogP contribution in [0.4, 0.5) is 4.79 Å². The first-order chi connectivity index (χ1) is 10.2. The number of nitrogens with zero attached hydrogens (tertiary/aromatic N) is 3. The Kier molecular flexibility index (Phi) is 5.31. The molecule has 112 valence electrons. The van der Waals surface area contributed by atoms with Gasteiger partial charge >= 0.3 is 6.03 Å². The topological polar surface area (TPSA) is 71.8 Å². The normalized spacial score (nSPS) is 10.4. The Bertz CT molecular complexity index is 579. The van der Waals surface area contributed by atoms with Crippen LogP contribution in [0.5, 0.6) is 0 Å². The Morgan fingerprint density at radius 3 is 2.67 bits per heavy atom. The first-order valence-corrected chi connectivity index (χ1v) is 7.16. The van der Waals surface area contributed by atoms with E-state index in [2.05, 4.69) is 25.2 Å². The van der Waals surface area contributed by atoms with Gasteiger partial charge in [0.25, 0.3) is 0 Å². The largest absolute Gasteiger partial charge is 0.338 e. The summed E-state index contributed by atoms with van der Waals surface area (Å²) in [4.78, 5) is 20.0. The quantitative estimate of drug-likeness (QED) is 0.853. The van der Waals surface area contributed by atoms with Crippen LogP contribution in [0.25, 0.3) is 11.4 Å². The minimum absolute atomic E-state index is 0.125. The molecule has 2 aromatic rings. The maximum Gasteiger partial charge on any atom is 0.314 e. The van der Waals surface area contributed by atoms with Gasteiger partial charge in [-0.15, -0.1) is 0 Å². The third-order valence-electron chi connectivity index (χ3n) is 3.15. The van der Waals surface area contributed by atoms with Crippen LogP contribution >= 0.6 is 0 Å². The predicted molar refractivity (Wildman–Crippen MR) is 81.9 cm³/mol. The van der Waals surface area contributed by atoms with E-state index in [0.29, 0.717) is 19.6 Å². The fraction of sp³-hybridized carbons (Fsp3) is 0.400. The molecular weight excluding hydrogens is 266 g/mol. The molecule has 0 saturated heterocycles. The third kappa shape index (κ3) is 4.05. The first-order valence-electron chi connectivity index (χ1n) is 7.16. The highest BCUT2D eigenvalue weighted by molar-refractivity contribution is 5.73. The summed E-state index contributed by atoms with van der Waals surface area (Å²) in [6.45, 7) is 5.97. The van der Waals surface area contributed by atoms with Crippen molar-refractivity contribution in [2.45, 2.75) is 26.8 Å². The number of amides is 2. The summed E-state index contributed by atoms with van der Waals surface area (Å²) in [6, 6.07) is 3.74. The second-order valence-electron chi connectivity index (χ2n) is 4.79. The number of urea groups is 1. The van der Waals surface area contributed by atoms with E-state index < -0.39 is 0 Å². The lowest BCUT2D eigenvalue weighted by molar-refractivity contribution is 0.240. The van der Waals surface area contributed by atoms with Crippen LogP contribution in [-0.4, -0.2) is 33.7 Å². The Labute approximate surface area is 124 Å². The van der Waals surface area contributed by atoms with E-state index in [0.717, 1.165) is 23.5 Å². The molecular formula is C15H21N5O. The maximum atomic E-state index is 11.5. The van der Waals surface area contributed by atoms with E-state index in [1.54, 1.807) is 12.4 Å². The summed E-state index contributed by atoms with van der Waals surface area (Å²) in [5.41, 5.74) is 2.09. The van der Waals surface area contributed by atoms with Crippen LogP contribution in [0.2, 0.25) is 0 Å². The first kappa shape index (κ1) is 15.0. The van der Waals surface area contributed by atoms with Gasteiger partial charge in [0, 0.05) is 49.5 Å². The second-order valence-corrected chi connectivity index (χ2v) is 4.79. The van der Waals surface area contributed by atoms with Crippen LogP contribution in [0.3, 0.4) is 0 Å². The summed E-state index contributed by atoms with van der Waals surface area (Å²) in [5.74, 6) is 0.894. The van der Waals surface area contributed by atoms with Crippen LogP contribution in [-0.2, 0) is 6.54 Å². The van der Waals surface area contributed by atoms with Gasteiger partial charge in [-0.2, -0.15) is 0 Å². The summed E-state index contributed by atoms with van der Waals surface area (Å²) < 4.78 is 2.09. The van der Waals surface area contributed by atoms with Crippen molar-refractivity contribution in [3.63, 3.8) is 0 Å². The third-order valence-corrected chi connectivity index (χ3v) is 3.15. The van der Waals surface area contributed by atoms with E-state index in [9.17, 15) is 4.79 Å². The molecule has 0 aliphatic rings. The minimum Gasteiger partial charge on any atom is -0.338 e. The molecule has 2 aromatic heterocycles. The smallest absolute Gasteiger partial charge is 0.314 e. The lowest BCUT2D eigenvalue weighted by atomic mass is 10.2. The van der Waals surface area contributed by atoms with E-state index in [1.165, 1.54) is 0 Å². The van der Waals surface area contributed by atoms with Gasteiger partial charge in [0.2, 0.25) is 0 Å². The zero-order chi connectivity index (χ0) is 15.1. The molecule has 0 aliphatic carbocycles. The van der Waals surface area contributed by atoms with Gasteiger partial charge in [-0.3, -0.25) is 4.98 Å². The molecule has 0 saturated carbocycles. The lowest BCUT2D eigenvalue weighted by Gasteiger charge is -2.11. The Hall–Kier alpha value is -2.37. The van der Waals surface area contributed by atoms with Gasteiger partial charge in [0.1, 0.15) is 5.82 Å². The number of pyridine rings is 1. The zero-order valence-corrected chi connectivity index (χ0v) is 12.5. The predicted octanol–water partition coefficient (Wildman–Crippen LogP) is 1.96. The lowest BCUT2D eigenvalue weighted by Crippen LogP contribution is -2.37. The zero-order valence-electron chi connectivity index (χ0n) is 12.5. The Balaban J connectivity index is 1.98. The van der Waals surface area contributed by atoms with Crippen molar-refractivity contribution < 1.29 is 4.79 Å². The highest BCUT2D eigenvalue weighted by Crippen LogP contribution is 2.18. The van der Waals surface area contributed by atoms with Gasteiger partial charge in [-0.1, -0.05) is 6.92 Å². The van der Waals surface area contributed by atoms with Crippen molar-refractivity contribution in [1.29, 1.82) is 0 Å². The molecule has 0 atom stereocenters. The minimum atomic E-state index is -0.125. The molecule has 0 radical (unpaired) electrons. The summed E-state index contributed by atoms with van der Waals surface area (Å²) in [6.07, 6.45) is 6.27. The number of rotatable bonds is 6. The van der Waals surface area contributed by atoms with Gasteiger partial charge in [0.05, 0.1) is 0 Å². The number of imidazole rings is 1. The van der Waals surface area contributed by atoms with Crippen molar-refractivity contribution in [1.82, 2.24) is 25.2 Å². The van der Waals surface area contributed by atoms with Crippen molar-refractivity contribution >= 4 is 6.03 Å². The number of nitrogens with one attached hydrogen (secondary N) is 2. The molecule has 21 heavy (non-hydrogen) atoms. The van der Waals surface area contributed by atoms with E-state index in [-0.39, 0.29) is 6.03 Å². The van der Waals surface area contributed by atoms with Crippen LogP contribution in [0.1, 0.15) is 19.0 Å². The molecule has 0 fully saturated rings. The average molecular weight is 287 g/mol. The molecule has 2 heterocycles. The molecule has 2 N–H and O–H groups in total. The SMILES string of the molecule is CCCNC(=O)NCCn1c(C)cnc1-c1ccncc1. The fourth-order valence-corrected chi connectivity index (χ4v) is 2.06. The summed E-state index contributed by atoms with van der Waals surface area (Å²) in [7, 11) is 0. The number of carbonyl (C=O) groups excluding carboxylic acids is 1. The molecule has 2 amide bonds. The van der Waals surface area contributed by atoms with Crippen LogP contribution < -0.4 is 10.6 Å². The molecule has 0 spiro atoms. The fourth-order valence-electron chi connectivity index (χ4n) is 2.06. The van der Waals surface area contributed by atoms with Crippen LogP contribution in [0, 0.1) is 6.92 Å². The van der Waals surface area contributed by atoms with Gasteiger partial charge in [-0.05, 0) is 25.5 Å². The highest BCUT2D eigenvalue weighted by Gasteiger charge is 2.09. The van der Waals surface area contributed by atoms with Gasteiger partial charge in [0.15, 0.2) is 0 Å². The van der Waals surface area contributed by atoms with Crippen molar-refractivity contribution in [3.8, 4) is 11.4 Å². The summed E-state index contributed by atoms with van der Waals surface area (Å²) >= 11 is 0. The van der Waals surface area contributed by atoms with E-state index in [1.807, 2.05) is 32.2 Å². The van der Waals surface area contributed by atoms with Gasteiger partial charge in [-0.25, -0.2) is 9.78 Å². The Morgan fingerprint density at radius 2 is 1.95 bits per heavy atom. The molecule has 0 bridgehead atoms. The Morgan fingerprint density at radius 1 is 1.24 bits per heavy atom. The molecule has 0 unspecified atom stereocenters. The standard InChI is InChI=1S/C15H21N5O/c1-3-6-17-15(21)18-9-10-20-12(2)11-19-14(20)13-4-7-16-8-5-13/h4-5,7-8,11H,3,6,9-10H2,1-2H3,(H2,17,18,21). The number of hydrogen-bond donors (Lipinski definition) is 2. The second kappa shape index (κ2) is 7.42. The molecule has 0 aliphatic heterocycles. The molecule has 6 nitrogen and oxygen atoms in total. The van der Waals surface area contributed by atoms with Crippen molar-refractivity contribution in [3.05, 3.63) is 36.4 Å². The van der Waals surface area contributed by atoms with Gasteiger partial charge < -0.3 is 15.2 Å². The van der Waals surface area contributed by atoms with E-state index in [4.69, 9.17) is 0 Å². The number of aryl methyl sites for hydroxylation is 1. The molecule has 2 rings (SSSR count). The summed E-state index contributed by atoms with van der Waals surface area (Å²) in [5, 5.41) is 5.64. The van der Waals surface area contributed by atoms with Crippen LogP contribution in [0.15, 0.2) is 30.7 Å². The number of aromatic nitrogens is 3.